The zero-order chi connectivity index (χ0) is 26.7. The summed E-state index contributed by atoms with van der Waals surface area (Å²) in [6.07, 6.45) is 0.245. The van der Waals surface area contributed by atoms with Crippen LogP contribution in [0.1, 0.15) is 39.7 Å². The van der Waals surface area contributed by atoms with E-state index in [1.54, 1.807) is 12.1 Å². The average Bonchev–Trinajstić information content (AvgIpc) is 3.23. The Labute approximate surface area is 235 Å². The maximum absolute atomic E-state index is 14.3. The molecule has 0 aromatic heterocycles. The molecule has 1 N–H and O–H groups in total. The van der Waals surface area contributed by atoms with Gasteiger partial charge in [-0.1, -0.05) is 94.8 Å². The fourth-order valence-electron chi connectivity index (χ4n) is 6.90. The van der Waals surface area contributed by atoms with E-state index < -0.39 is 17.9 Å². The molecule has 192 valence electrons. The SMILES string of the molecule is O=C(Nc1ccc(Br)cc1)[C@H](Cc1ccccc1)N1C(=O)[C@H]2C3c4ccccc4C(c4ccccc43)[C@@H]2C1=O. The van der Waals surface area contributed by atoms with Crippen LogP contribution < -0.4 is 5.32 Å². The first-order valence-electron chi connectivity index (χ1n) is 13.2. The van der Waals surface area contributed by atoms with Gasteiger partial charge in [0.05, 0.1) is 11.8 Å². The highest BCUT2D eigenvalue weighted by Crippen LogP contribution is 2.61. The molecule has 0 unspecified atom stereocenters. The van der Waals surface area contributed by atoms with Crippen molar-refractivity contribution in [3.05, 3.63) is 135 Å². The number of hydrogen-bond acceptors (Lipinski definition) is 3. The van der Waals surface area contributed by atoms with Crippen LogP contribution in [0.25, 0.3) is 0 Å². The van der Waals surface area contributed by atoms with E-state index >= 15 is 0 Å². The Morgan fingerprint density at radius 3 is 1.64 bits per heavy atom. The normalized spacial score (nSPS) is 23.2. The number of carbonyl (C=O) groups excluding carboxylic acids is 3. The second kappa shape index (κ2) is 9.31. The molecule has 4 aliphatic rings. The predicted octanol–water partition coefficient (Wildman–Crippen LogP) is 5.89. The summed E-state index contributed by atoms with van der Waals surface area (Å²) in [4.78, 5) is 43.7. The lowest BCUT2D eigenvalue weighted by Gasteiger charge is -2.45. The van der Waals surface area contributed by atoms with E-state index in [4.69, 9.17) is 0 Å². The van der Waals surface area contributed by atoms with Gasteiger partial charge in [0, 0.05) is 28.4 Å². The molecule has 3 amide bonds. The number of nitrogens with one attached hydrogen (secondary N) is 1. The molecule has 0 saturated carbocycles. The van der Waals surface area contributed by atoms with E-state index in [0.717, 1.165) is 32.3 Å². The van der Waals surface area contributed by atoms with Crippen molar-refractivity contribution in [1.29, 1.82) is 0 Å². The van der Waals surface area contributed by atoms with Crippen LogP contribution in [0.3, 0.4) is 0 Å². The van der Waals surface area contributed by atoms with Crippen LogP contribution in [0.2, 0.25) is 0 Å². The number of rotatable bonds is 5. The first-order valence-corrected chi connectivity index (χ1v) is 14.0. The van der Waals surface area contributed by atoms with Crippen LogP contribution in [-0.2, 0) is 20.8 Å². The molecule has 0 radical (unpaired) electrons. The Balaban J connectivity index is 1.31. The molecule has 0 spiro atoms. The van der Waals surface area contributed by atoms with Crippen molar-refractivity contribution >= 4 is 39.3 Å². The molecule has 4 aromatic carbocycles. The van der Waals surface area contributed by atoms with Crippen molar-refractivity contribution in [3.8, 4) is 0 Å². The van der Waals surface area contributed by atoms with Crippen LogP contribution in [0.4, 0.5) is 5.69 Å². The van der Waals surface area contributed by atoms with Gasteiger partial charge in [0.15, 0.2) is 0 Å². The highest BCUT2D eigenvalue weighted by atomic mass is 79.9. The van der Waals surface area contributed by atoms with Gasteiger partial charge in [-0.2, -0.15) is 0 Å². The quantitative estimate of drug-likeness (QED) is 0.301. The van der Waals surface area contributed by atoms with Crippen LogP contribution in [-0.4, -0.2) is 28.7 Å². The van der Waals surface area contributed by atoms with Gasteiger partial charge in [0.25, 0.3) is 0 Å². The Hall–Kier alpha value is -4.03. The maximum Gasteiger partial charge on any atom is 0.248 e. The smallest absolute Gasteiger partial charge is 0.248 e. The number of carbonyl (C=O) groups is 3. The number of benzene rings is 4. The van der Waals surface area contributed by atoms with Gasteiger partial charge < -0.3 is 5.32 Å². The van der Waals surface area contributed by atoms with Crippen molar-refractivity contribution in [3.63, 3.8) is 0 Å². The molecule has 2 bridgehead atoms. The number of anilines is 1. The van der Waals surface area contributed by atoms with Gasteiger partial charge in [-0.3, -0.25) is 19.3 Å². The minimum atomic E-state index is -0.965. The van der Waals surface area contributed by atoms with E-state index in [1.807, 2.05) is 66.7 Å². The monoisotopic (exact) mass is 576 g/mol. The number of hydrogen-bond donors (Lipinski definition) is 1. The third kappa shape index (κ3) is 3.77. The van der Waals surface area contributed by atoms with Crippen molar-refractivity contribution < 1.29 is 14.4 Å². The highest BCUT2D eigenvalue weighted by Gasteiger charge is 2.63. The van der Waals surface area contributed by atoms with Gasteiger partial charge in [-0.25, -0.2) is 0 Å². The number of halogens is 1. The molecule has 1 heterocycles. The Kier molecular flexibility index (Phi) is 5.74. The van der Waals surface area contributed by atoms with Crippen LogP contribution >= 0.6 is 15.9 Å². The van der Waals surface area contributed by atoms with E-state index in [-0.39, 0.29) is 36.0 Å². The van der Waals surface area contributed by atoms with Gasteiger partial charge in [-0.05, 0) is 52.1 Å². The molecule has 1 fully saturated rings. The van der Waals surface area contributed by atoms with Gasteiger partial charge >= 0.3 is 0 Å². The largest absolute Gasteiger partial charge is 0.324 e. The summed E-state index contributed by atoms with van der Waals surface area (Å²) in [5, 5.41) is 2.96. The summed E-state index contributed by atoms with van der Waals surface area (Å²) in [6, 6.07) is 32.2. The van der Waals surface area contributed by atoms with E-state index in [0.29, 0.717) is 5.69 Å². The topological polar surface area (TPSA) is 66.5 Å². The Bertz CT molecular complexity index is 1500. The summed E-state index contributed by atoms with van der Waals surface area (Å²) in [7, 11) is 0. The molecule has 8 rings (SSSR count). The van der Waals surface area contributed by atoms with Crippen molar-refractivity contribution in [2.75, 3.05) is 5.32 Å². The molecular formula is C33H25BrN2O3. The zero-order valence-corrected chi connectivity index (χ0v) is 22.5. The summed E-state index contributed by atoms with van der Waals surface area (Å²) >= 11 is 3.42. The lowest BCUT2D eigenvalue weighted by atomic mass is 9.55. The minimum Gasteiger partial charge on any atom is -0.324 e. The van der Waals surface area contributed by atoms with E-state index in [1.165, 1.54) is 4.90 Å². The molecule has 3 aliphatic carbocycles. The highest BCUT2D eigenvalue weighted by molar-refractivity contribution is 9.10. The third-order valence-corrected chi connectivity index (χ3v) is 9.01. The summed E-state index contributed by atoms with van der Waals surface area (Å²) in [6.45, 7) is 0. The molecule has 39 heavy (non-hydrogen) atoms. The first-order chi connectivity index (χ1) is 19.0. The number of likely N-dealkylation sites (tertiary alicyclic amines) is 1. The summed E-state index contributed by atoms with van der Waals surface area (Å²) in [5.41, 5.74) is 5.96. The lowest BCUT2D eigenvalue weighted by molar-refractivity contribution is -0.146. The molecule has 6 heteroatoms. The van der Waals surface area contributed by atoms with Crippen molar-refractivity contribution in [1.82, 2.24) is 4.90 Å². The number of amides is 3. The standard InChI is InChI=1S/C33H25BrN2O3/c34-20-14-16-21(17-15-20)35-31(37)26(18-19-8-2-1-3-9-19)36-32(38)29-27-22-10-4-5-11-23(22)28(30(29)33(36)39)25-13-7-6-12-24(25)27/h1-17,26-30H,18H2,(H,35,37)/t26-,27?,28?,29-,30-/m0/s1. The first kappa shape index (κ1) is 24.0. The Morgan fingerprint density at radius 1 is 0.692 bits per heavy atom. The molecular weight excluding hydrogens is 552 g/mol. The van der Waals surface area contributed by atoms with Gasteiger partial charge in [0.2, 0.25) is 17.7 Å². The van der Waals surface area contributed by atoms with Crippen LogP contribution in [0.15, 0.2) is 108 Å². The molecule has 1 aliphatic heterocycles. The average molecular weight is 577 g/mol. The zero-order valence-electron chi connectivity index (χ0n) is 21.0. The van der Waals surface area contributed by atoms with Crippen molar-refractivity contribution in [2.24, 2.45) is 11.8 Å². The summed E-state index contributed by atoms with van der Waals surface area (Å²) < 4.78 is 0.893. The maximum atomic E-state index is 14.3. The van der Waals surface area contributed by atoms with Crippen LogP contribution in [0.5, 0.6) is 0 Å². The number of nitrogens with zero attached hydrogens (tertiary/aromatic N) is 1. The molecule has 3 atom stereocenters. The fourth-order valence-corrected chi connectivity index (χ4v) is 7.17. The molecule has 5 nitrogen and oxygen atoms in total. The molecule has 1 saturated heterocycles. The molecule has 4 aromatic rings. The van der Waals surface area contributed by atoms with Crippen molar-refractivity contribution in [2.45, 2.75) is 24.3 Å². The lowest BCUT2D eigenvalue weighted by Crippen LogP contribution is -2.49. The third-order valence-electron chi connectivity index (χ3n) is 8.48. The fraction of sp³-hybridized carbons (Fsp3) is 0.182. The van der Waals surface area contributed by atoms with E-state index in [2.05, 4.69) is 45.5 Å². The minimum absolute atomic E-state index is 0.208. The summed E-state index contributed by atoms with van der Waals surface area (Å²) in [5.74, 6) is -2.34. The second-order valence-corrected chi connectivity index (χ2v) is 11.4. The number of imide groups is 1. The Morgan fingerprint density at radius 2 is 1.15 bits per heavy atom. The van der Waals surface area contributed by atoms with E-state index in [9.17, 15) is 14.4 Å². The van der Waals surface area contributed by atoms with Crippen LogP contribution in [0, 0.1) is 11.8 Å². The van der Waals surface area contributed by atoms with Gasteiger partial charge in [0.1, 0.15) is 6.04 Å². The predicted molar refractivity (Wildman–Crippen MR) is 152 cm³/mol. The second-order valence-electron chi connectivity index (χ2n) is 10.5. The van der Waals surface area contributed by atoms with Gasteiger partial charge in [-0.15, -0.1) is 0 Å².